The molecule has 0 unspecified atom stereocenters. The topological polar surface area (TPSA) is 80.9 Å². The molecule has 1 aliphatic rings. The lowest BCUT2D eigenvalue weighted by atomic mass is 9.89. The zero-order chi connectivity index (χ0) is 18.3. The molecule has 1 aromatic carbocycles. The summed E-state index contributed by atoms with van der Waals surface area (Å²) >= 11 is 0. The number of H-pyrrole nitrogens is 1. The fourth-order valence-electron chi connectivity index (χ4n) is 4.28. The molecule has 4 rings (SSSR count). The maximum absolute atomic E-state index is 12.1. The molecule has 0 amide bonds. The first kappa shape index (κ1) is 17.4. The molecule has 6 heteroatoms. The third-order valence-corrected chi connectivity index (χ3v) is 6.68. The molecule has 26 heavy (non-hydrogen) atoms. The number of aromatic amines is 1. The third kappa shape index (κ3) is 3.08. The molecule has 5 nitrogen and oxygen atoms in total. The number of sulfonamides is 1. The molecular formula is C20H25N3O2S. The van der Waals surface area contributed by atoms with E-state index in [9.17, 15) is 8.42 Å². The number of benzene rings is 1. The number of rotatable bonds is 4. The quantitative estimate of drug-likeness (QED) is 0.721. The van der Waals surface area contributed by atoms with Gasteiger partial charge in [0.1, 0.15) is 4.90 Å². The lowest BCUT2D eigenvalue weighted by Gasteiger charge is -2.24. The van der Waals surface area contributed by atoms with Crippen LogP contribution in [0.4, 0.5) is 0 Å². The number of fused-ring (bicyclic) bond motifs is 1. The first-order valence-electron chi connectivity index (χ1n) is 9.24. The Kier molecular flexibility index (Phi) is 4.40. The van der Waals surface area contributed by atoms with Crippen molar-refractivity contribution in [3.63, 3.8) is 0 Å². The van der Waals surface area contributed by atoms with Gasteiger partial charge in [-0.1, -0.05) is 37.5 Å². The largest absolute Gasteiger partial charge is 0.360 e. The molecule has 0 bridgehead atoms. The second kappa shape index (κ2) is 6.59. The number of nitrogens with two attached hydrogens (primary N) is 1. The zero-order valence-corrected chi connectivity index (χ0v) is 15.8. The van der Waals surface area contributed by atoms with Gasteiger partial charge >= 0.3 is 0 Å². The van der Waals surface area contributed by atoms with Crippen molar-refractivity contribution in [2.75, 3.05) is 0 Å². The number of hydrogen-bond donors (Lipinski definition) is 2. The summed E-state index contributed by atoms with van der Waals surface area (Å²) in [5, 5.41) is 6.58. The summed E-state index contributed by atoms with van der Waals surface area (Å²) in [6.45, 7) is 2.71. The molecule has 2 heterocycles. The van der Waals surface area contributed by atoms with E-state index in [0.29, 0.717) is 5.92 Å². The molecule has 3 aromatic rings. The van der Waals surface area contributed by atoms with Crippen LogP contribution in [0.15, 0.2) is 41.4 Å². The van der Waals surface area contributed by atoms with Gasteiger partial charge in [-0.15, -0.1) is 0 Å². The Hall–Kier alpha value is -2.05. The summed E-state index contributed by atoms with van der Waals surface area (Å²) in [5.41, 5.74) is 3.73. The van der Waals surface area contributed by atoms with E-state index in [1.54, 1.807) is 6.07 Å². The van der Waals surface area contributed by atoms with Crippen molar-refractivity contribution in [2.24, 2.45) is 11.1 Å². The molecule has 0 atom stereocenters. The SMILES string of the molecule is Cc1c(S(N)(=O)=O)cc(-c2c[nH]c3ccccc23)n1CC1CCCCC1. The Labute approximate surface area is 154 Å². The maximum atomic E-state index is 12.1. The van der Waals surface area contributed by atoms with Crippen molar-refractivity contribution in [3.05, 3.63) is 42.2 Å². The number of nitrogens with zero attached hydrogens (tertiary/aromatic N) is 1. The average molecular weight is 372 g/mol. The number of nitrogens with one attached hydrogen (secondary N) is 1. The van der Waals surface area contributed by atoms with Gasteiger partial charge in [0.25, 0.3) is 0 Å². The minimum absolute atomic E-state index is 0.230. The lowest BCUT2D eigenvalue weighted by molar-refractivity contribution is 0.318. The number of para-hydroxylation sites is 1. The third-order valence-electron chi connectivity index (χ3n) is 5.66. The van der Waals surface area contributed by atoms with Crippen molar-refractivity contribution in [1.29, 1.82) is 0 Å². The maximum Gasteiger partial charge on any atom is 0.239 e. The van der Waals surface area contributed by atoms with E-state index in [2.05, 4.69) is 15.6 Å². The second-order valence-electron chi connectivity index (χ2n) is 7.39. The minimum Gasteiger partial charge on any atom is -0.360 e. The van der Waals surface area contributed by atoms with Crippen LogP contribution >= 0.6 is 0 Å². The van der Waals surface area contributed by atoms with E-state index < -0.39 is 10.0 Å². The molecule has 2 aromatic heterocycles. The molecule has 1 fully saturated rings. The highest BCUT2D eigenvalue weighted by Crippen LogP contribution is 2.35. The van der Waals surface area contributed by atoms with Crippen LogP contribution < -0.4 is 5.14 Å². The van der Waals surface area contributed by atoms with Gasteiger partial charge in [-0.05, 0) is 37.8 Å². The van der Waals surface area contributed by atoms with Crippen LogP contribution in [-0.4, -0.2) is 18.0 Å². The Balaban J connectivity index is 1.87. The standard InChI is InChI=1S/C20H25N3O2S/c1-14-20(26(21,24)25)11-19(23(14)13-15-7-3-2-4-8-15)17-12-22-18-10-6-5-9-16(17)18/h5-6,9-12,15,22H,2-4,7-8,13H2,1H3,(H2,21,24,25). The fraction of sp³-hybridized carbons (Fsp3) is 0.400. The van der Waals surface area contributed by atoms with Crippen LogP contribution in [0.25, 0.3) is 22.2 Å². The van der Waals surface area contributed by atoms with Gasteiger partial charge in [-0.25, -0.2) is 13.6 Å². The summed E-state index contributed by atoms with van der Waals surface area (Å²) in [4.78, 5) is 3.52. The average Bonchev–Trinajstić information content (AvgIpc) is 3.17. The van der Waals surface area contributed by atoms with Crippen molar-refractivity contribution in [2.45, 2.75) is 50.5 Å². The monoisotopic (exact) mass is 371 g/mol. The molecule has 138 valence electrons. The van der Waals surface area contributed by atoms with Gasteiger partial charge in [0.2, 0.25) is 10.0 Å². The molecule has 0 aliphatic heterocycles. The van der Waals surface area contributed by atoms with Crippen LogP contribution in [0.3, 0.4) is 0 Å². The van der Waals surface area contributed by atoms with Gasteiger partial charge in [-0.2, -0.15) is 0 Å². The fourth-order valence-corrected chi connectivity index (χ4v) is 5.08. The summed E-state index contributed by atoms with van der Waals surface area (Å²) in [7, 11) is -3.75. The highest BCUT2D eigenvalue weighted by atomic mass is 32.2. The van der Waals surface area contributed by atoms with Crippen molar-refractivity contribution >= 4 is 20.9 Å². The van der Waals surface area contributed by atoms with Gasteiger partial charge in [0.05, 0.1) is 5.69 Å². The van der Waals surface area contributed by atoms with E-state index in [1.165, 1.54) is 32.1 Å². The van der Waals surface area contributed by atoms with E-state index in [1.807, 2.05) is 31.3 Å². The Morgan fingerprint density at radius 2 is 1.92 bits per heavy atom. The van der Waals surface area contributed by atoms with Crippen LogP contribution in [-0.2, 0) is 16.6 Å². The zero-order valence-electron chi connectivity index (χ0n) is 15.0. The van der Waals surface area contributed by atoms with Crippen LogP contribution in [0, 0.1) is 12.8 Å². The second-order valence-corrected chi connectivity index (χ2v) is 8.92. The summed E-state index contributed by atoms with van der Waals surface area (Å²) in [6.07, 6.45) is 8.19. The number of primary sulfonamides is 1. The van der Waals surface area contributed by atoms with Gasteiger partial charge < -0.3 is 9.55 Å². The number of aromatic nitrogens is 2. The highest BCUT2D eigenvalue weighted by molar-refractivity contribution is 7.89. The Bertz CT molecular complexity index is 1040. The summed E-state index contributed by atoms with van der Waals surface area (Å²) < 4.78 is 26.4. The van der Waals surface area contributed by atoms with Crippen molar-refractivity contribution in [1.82, 2.24) is 9.55 Å². The van der Waals surface area contributed by atoms with Crippen molar-refractivity contribution < 1.29 is 8.42 Å². The predicted octanol–water partition coefficient (Wildman–Crippen LogP) is 4.17. The molecule has 0 spiro atoms. The smallest absolute Gasteiger partial charge is 0.239 e. The minimum atomic E-state index is -3.75. The van der Waals surface area contributed by atoms with Gasteiger partial charge in [0.15, 0.2) is 0 Å². The molecular weight excluding hydrogens is 346 g/mol. The first-order valence-corrected chi connectivity index (χ1v) is 10.8. The van der Waals surface area contributed by atoms with E-state index in [-0.39, 0.29) is 4.90 Å². The molecule has 0 radical (unpaired) electrons. The molecule has 1 saturated carbocycles. The van der Waals surface area contributed by atoms with Crippen LogP contribution in [0.1, 0.15) is 37.8 Å². The highest BCUT2D eigenvalue weighted by Gasteiger charge is 2.24. The van der Waals surface area contributed by atoms with Gasteiger partial charge in [0, 0.05) is 34.9 Å². The Morgan fingerprint density at radius 3 is 2.65 bits per heavy atom. The van der Waals surface area contributed by atoms with E-state index in [4.69, 9.17) is 5.14 Å². The van der Waals surface area contributed by atoms with Crippen LogP contribution in [0.5, 0.6) is 0 Å². The predicted molar refractivity (Wildman–Crippen MR) is 104 cm³/mol. The molecule has 3 N–H and O–H groups in total. The molecule has 0 saturated heterocycles. The van der Waals surface area contributed by atoms with E-state index in [0.717, 1.165) is 34.4 Å². The van der Waals surface area contributed by atoms with Gasteiger partial charge in [-0.3, -0.25) is 0 Å². The van der Waals surface area contributed by atoms with Crippen LogP contribution in [0.2, 0.25) is 0 Å². The lowest BCUT2D eigenvalue weighted by Crippen LogP contribution is -2.17. The summed E-state index contributed by atoms with van der Waals surface area (Å²) in [6, 6.07) is 9.82. The van der Waals surface area contributed by atoms with E-state index >= 15 is 0 Å². The summed E-state index contributed by atoms with van der Waals surface area (Å²) in [5.74, 6) is 0.590. The Morgan fingerprint density at radius 1 is 1.19 bits per heavy atom. The van der Waals surface area contributed by atoms with Crippen molar-refractivity contribution in [3.8, 4) is 11.3 Å². The first-order chi connectivity index (χ1) is 12.4. The number of hydrogen-bond acceptors (Lipinski definition) is 2. The molecule has 1 aliphatic carbocycles. The normalized spacial score (nSPS) is 16.4.